The molecule has 3 aromatic rings. The summed E-state index contributed by atoms with van der Waals surface area (Å²) < 4.78 is 1.74. The fourth-order valence-corrected chi connectivity index (χ4v) is 5.28. The number of rotatable bonds is 9. The minimum atomic E-state index is -1.15. The van der Waals surface area contributed by atoms with Gasteiger partial charge in [-0.2, -0.15) is 10.4 Å². The highest BCUT2D eigenvalue weighted by Gasteiger charge is 2.46. The van der Waals surface area contributed by atoms with Crippen molar-refractivity contribution < 1.29 is 14.7 Å². The van der Waals surface area contributed by atoms with Gasteiger partial charge in [-0.15, -0.1) is 0 Å². The molecule has 0 aliphatic heterocycles. The Kier molecular flexibility index (Phi) is 8.08. The Labute approximate surface area is 218 Å². The summed E-state index contributed by atoms with van der Waals surface area (Å²) in [5, 5.41) is 24.2. The minimum Gasteiger partial charge on any atom is -0.479 e. The molecule has 1 amide bonds. The molecule has 4 rings (SSSR count). The van der Waals surface area contributed by atoms with Crippen molar-refractivity contribution in [3.8, 4) is 28.3 Å². The molecule has 0 radical (unpaired) electrons. The van der Waals surface area contributed by atoms with Crippen molar-refractivity contribution in [1.82, 2.24) is 14.7 Å². The maximum Gasteiger partial charge on any atom is 0.329 e. The Morgan fingerprint density at radius 2 is 1.78 bits per heavy atom. The molecule has 1 aliphatic rings. The van der Waals surface area contributed by atoms with Gasteiger partial charge in [-0.25, -0.2) is 4.79 Å². The van der Waals surface area contributed by atoms with Gasteiger partial charge in [0, 0.05) is 37.3 Å². The summed E-state index contributed by atoms with van der Waals surface area (Å²) in [6, 6.07) is 15.8. The highest BCUT2D eigenvalue weighted by atomic mass is 16.4. The predicted octanol–water partition coefficient (Wildman–Crippen LogP) is 5.93. The van der Waals surface area contributed by atoms with Crippen LogP contribution in [0.5, 0.6) is 0 Å². The number of carbonyl (C=O) groups excluding carboxylic acids is 1. The molecule has 7 heteroatoms. The summed E-state index contributed by atoms with van der Waals surface area (Å²) >= 11 is 0. The molecule has 0 atom stereocenters. The normalized spacial score (nSPS) is 14.6. The van der Waals surface area contributed by atoms with Crippen molar-refractivity contribution >= 4 is 11.9 Å². The molecule has 1 saturated carbocycles. The summed E-state index contributed by atoms with van der Waals surface area (Å²) in [4.78, 5) is 27.4. The summed E-state index contributed by atoms with van der Waals surface area (Å²) in [6.07, 6.45) is 9.32. The average Bonchev–Trinajstić information content (AvgIpc) is 3.36. The minimum absolute atomic E-state index is 0.0915. The van der Waals surface area contributed by atoms with E-state index in [1.165, 1.54) is 0 Å². The summed E-state index contributed by atoms with van der Waals surface area (Å²) in [7, 11) is 1.87. The van der Waals surface area contributed by atoms with Gasteiger partial charge in [-0.3, -0.25) is 9.48 Å². The molecule has 1 aromatic heterocycles. The number of aryl methyl sites for hydroxylation is 1. The van der Waals surface area contributed by atoms with Gasteiger partial charge in [0.15, 0.2) is 0 Å². The molecule has 1 aliphatic carbocycles. The second-order valence-electron chi connectivity index (χ2n) is 9.95. The van der Waals surface area contributed by atoms with Gasteiger partial charge < -0.3 is 10.0 Å². The first kappa shape index (κ1) is 26.2. The van der Waals surface area contributed by atoms with Crippen LogP contribution in [0.2, 0.25) is 0 Å². The smallest absolute Gasteiger partial charge is 0.329 e. The first-order valence-electron chi connectivity index (χ1n) is 13.0. The molecular formula is C30H34N4O3. The van der Waals surface area contributed by atoms with Crippen molar-refractivity contribution in [2.75, 3.05) is 0 Å². The fraction of sp³-hybridized carbons (Fsp3) is 0.400. The number of aliphatic carboxylic acids is 1. The van der Waals surface area contributed by atoms with Crippen LogP contribution in [0.25, 0.3) is 22.3 Å². The molecule has 0 spiro atoms. The number of hydrogen-bond acceptors (Lipinski definition) is 4. The molecule has 1 fully saturated rings. The van der Waals surface area contributed by atoms with Crippen LogP contribution in [0.4, 0.5) is 0 Å². The monoisotopic (exact) mass is 498 g/mol. The van der Waals surface area contributed by atoms with Crippen molar-refractivity contribution in [2.45, 2.75) is 70.4 Å². The third kappa shape index (κ3) is 5.59. The number of carboxylic acid groups (broad SMARTS) is 1. The van der Waals surface area contributed by atoms with Gasteiger partial charge in [-0.05, 0) is 48.1 Å². The van der Waals surface area contributed by atoms with Crippen molar-refractivity contribution in [2.24, 2.45) is 7.05 Å². The Balaban J connectivity index is 1.64. The predicted molar refractivity (Wildman–Crippen MR) is 142 cm³/mol. The summed E-state index contributed by atoms with van der Waals surface area (Å²) in [6.45, 7) is 2.29. The largest absolute Gasteiger partial charge is 0.479 e. The van der Waals surface area contributed by atoms with Crippen LogP contribution in [-0.4, -0.2) is 37.2 Å². The number of carboxylic acids is 1. The quantitative estimate of drug-likeness (QED) is 0.394. The Hall–Kier alpha value is -3.92. The average molecular weight is 499 g/mol. The zero-order valence-corrected chi connectivity index (χ0v) is 21.6. The van der Waals surface area contributed by atoms with Gasteiger partial charge in [0.25, 0.3) is 0 Å². The van der Waals surface area contributed by atoms with Gasteiger partial charge in [0.05, 0.1) is 17.8 Å². The summed E-state index contributed by atoms with van der Waals surface area (Å²) in [5.41, 5.74) is 3.96. The topological polar surface area (TPSA) is 99.2 Å². The molecule has 7 nitrogen and oxygen atoms in total. The molecular weight excluding hydrogens is 464 g/mol. The van der Waals surface area contributed by atoms with Crippen LogP contribution in [0, 0.1) is 11.3 Å². The van der Waals surface area contributed by atoms with Crippen LogP contribution in [-0.2, 0) is 23.2 Å². The highest BCUT2D eigenvalue weighted by molar-refractivity contribution is 5.87. The van der Waals surface area contributed by atoms with Crippen LogP contribution < -0.4 is 0 Å². The van der Waals surface area contributed by atoms with Crippen LogP contribution in [0.15, 0.2) is 54.9 Å². The second-order valence-corrected chi connectivity index (χ2v) is 9.95. The Morgan fingerprint density at radius 3 is 2.38 bits per heavy atom. The van der Waals surface area contributed by atoms with E-state index in [1.807, 2.05) is 62.6 Å². The highest BCUT2D eigenvalue weighted by Crippen LogP contribution is 2.36. The lowest BCUT2D eigenvalue weighted by molar-refractivity contribution is -0.163. The zero-order valence-electron chi connectivity index (χ0n) is 21.6. The van der Waals surface area contributed by atoms with E-state index in [-0.39, 0.29) is 12.5 Å². The lowest BCUT2D eigenvalue weighted by Gasteiger charge is -2.43. The number of aromatic nitrogens is 2. The van der Waals surface area contributed by atoms with Gasteiger partial charge >= 0.3 is 5.97 Å². The van der Waals surface area contributed by atoms with Gasteiger partial charge in [-0.1, -0.05) is 62.9 Å². The SMILES string of the molecule is CCCCC(=O)N(Cc1ccc(-c2cc(-c3cnn(C)c3)ccc2C#N)cc1)C1(C(=O)O)CCCCC1. The number of benzene rings is 2. The number of hydrogen-bond donors (Lipinski definition) is 1. The van der Waals surface area contributed by atoms with Crippen LogP contribution >= 0.6 is 0 Å². The molecule has 0 saturated heterocycles. The van der Waals surface area contributed by atoms with E-state index in [9.17, 15) is 20.0 Å². The third-order valence-electron chi connectivity index (χ3n) is 7.42. The maximum absolute atomic E-state index is 13.3. The van der Waals surface area contributed by atoms with Gasteiger partial charge in [0.2, 0.25) is 5.91 Å². The number of unbranched alkanes of at least 4 members (excludes halogenated alkanes) is 1. The first-order valence-corrected chi connectivity index (χ1v) is 13.0. The number of amides is 1. The molecule has 37 heavy (non-hydrogen) atoms. The van der Waals surface area contributed by atoms with E-state index < -0.39 is 11.5 Å². The van der Waals surface area contributed by atoms with Crippen LogP contribution in [0.3, 0.4) is 0 Å². The lowest BCUT2D eigenvalue weighted by atomic mass is 9.79. The van der Waals surface area contributed by atoms with Gasteiger partial charge in [0.1, 0.15) is 5.54 Å². The standard InChI is InChI=1S/C30H34N4O3/c1-3-4-8-28(35)34(30(29(36)37)15-6-5-7-16-30)20-22-9-11-23(12-10-22)27-17-24(13-14-25(27)18-31)26-19-32-33(2)21-26/h9-14,17,19,21H,3-8,15-16,20H2,1-2H3,(H,36,37). The third-order valence-corrected chi connectivity index (χ3v) is 7.42. The Morgan fingerprint density at radius 1 is 1.08 bits per heavy atom. The lowest BCUT2D eigenvalue weighted by Crippen LogP contribution is -2.57. The van der Waals surface area contributed by atoms with E-state index in [0.717, 1.165) is 59.9 Å². The number of nitrogens with zero attached hydrogens (tertiary/aromatic N) is 4. The van der Waals surface area contributed by atoms with Crippen molar-refractivity contribution in [3.63, 3.8) is 0 Å². The van der Waals surface area contributed by atoms with E-state index in [0.29, 0.717) is 24.8 Å². The summed E-state index contributed by atoms with van der Waals surface area (Å²) in [5.74, 6) is -0.995. The van der Waals surface area contributed by atoms with E-state index in [1.54, 1.807) is 15.8 Å². The number of carbonyl (C=O) groups is 2. The maximum atomic E-state index is 13.3. The van der Waals surface area contributed by atoms with Crippen molar-refractivity contribution in [1.29, 1.82) is 5.26 Å². The molecule has 0 unspecified atom stereocenters. The van der Waals surface area contributed by atoms with E-state index in [4.69, 9.17) is 0 Å². The fourth-order valence-electron chi connectivity index (χ4n) is 5.28. The molecule has 1 N–H and O–H groups in total. The van der Waals surface area contributed by atoms with E-state index >= 15 is 0 Å². The molecule has 1 heterocycles. The Bertz CT molecular complexity index is 1300. The zero-order chi connectivity index (χ0) is 26.4. The van der Waals surface area contributed by atoms with Crippen LogP contribution in [0.1, 0.15) is 69.4 Å². The molecule has 0 bridgehead atoms. The van der Waals surface area contributed by atoms with Crippen molar-refractivity contribution in [3.05, 3.63) is 66.0 Å². The number of nitriles is 1. The molecule has 192 valence electrons. The molecule has 2 aromatic carbocycles. The first-order chi connectivity index (χ1) is 17.9. The van der Waals surface area contributed by atoms with E-state index in [2.05, 4.69) is 11.2 Å². The second kappa shape index (κ2) is 11.4.